The van der Waals surface area contributed by atoms with Crippen molar-refractivity contribution in [1.82, 2.24) is 0 Å². The van der Waals surface area contributed by atoms with Crippen LogP contribution in [0.4, 0.5) is 0 Å². The Balaban J connectivity index is 1.34. The zero-order valence-corrected chi connectivity index (χ0v) is 22.5. The Morgan fingerprint density at radius 3 is 2.24 bits per heavy atom. The first-order valence-corrected chi connectivity index (χ1v) is 14.5. The molecule has 4 aliphatic carbocycles. The molecule has 0 amide bonds. The van der Waals surface area contributed by atoms with E-state index in [0.717, 1.165) is 48.3 Å². The molecule has 3 nitrogen and oxygen atoms in total. The third-order valence-electron chi connectivity index (χ3n) is 12.1. The largest absolute Gasteiger partial charge is 0.385 e. The van der Waals surface area contributed by atoms with E-state index in [1.165, 1.54) is 57.8 Å². The maximum atomic E-state index is 11.4. The van der Waals surface area contributed by atoms with Gasteiger partial charge in [-0.05, 0) is 104 Å². The lowest BCUT2D eigenvalue weighted by Gasteiger charge is -2.64. The van der Waals surface area contributed by atoms with Gasteiger partial charge in [-0.2, -0.15) is 0 Å². The van der Waals surface area contributed by atoms with Crippen LogP contribution in [0.15, 0.2) is 0 Å². The van der Waals surface area contributed by atoms with Crippen molar-refractivity contribution in [2.75, 3.05) is 13.2 Å². The third-order valence-corrected chi connectivity index (χ3v) is 12.1. The molecule has 5 rings (SSSR count). The molecule has 0 unspecified atom stereocenters. The summed E-state index contributed by atoms with van der Waals surface area (Å²) in [5.74, 6) is 4.98. The van der Waals surface area contributed by atoms with Gasteiger partial charge in [-0.15, -0.1) is 0 Å². The summed E-state index contributed by atoms with van der Waals surface area (Å²) in [7, 11) is 0. The maximum Gasteiger partial charge on any atom is 0.197 e. The first-order chi connectivity index (χ1) is 15.5. The molecule has 0 radical (unpaired) electrons. The highest BCUT2D eigenvalue weighted by Gasteiger charge is 2.67. The van der Waals surface area contributed by atoms with Crippen LogP contribution >= 0.6 is 0 Å². The molecule has 33 heavy (non-hydrogen) atoms. The van der Waals surface area contributed by atoms with Crippen molar-refractivity contribution in [3.63, 3.8) is 0 Å². The summed E-state index contributed by atoms with van der Waals surface area (Å²) < 4.78 is 12.5. The van der Waals surface area contributed by atoms with Gasteiger partial charge in [-0.3, -0.25) is 0 Å². The van der Waals surface area contributed by atoms with Gasteiger partial charge in [0.25, 0.3) is 0 Å². The van der Waals surface area contributed by atoms with E-state index in [1.807, 2.05) is 6.92 Å². The minimum absolute atomic E-state index is 0.234. The van der Waals surface area contributed by atoms with Crippen LogP contribution in [0.5, 0.6) is 0 Å². The topological polar surface area (TPSA) is 38.7 Å². The Bertz CT molecular complexity index is 709. The summed E-state index contributed by atoms with van der Waals surface area (Å²) in [6.07, 6.45) is 14.3. The molecule has 0 aromatic rings. The van der Waals surface area contributed by atoms with Gasteiger partial charge in [0.2, 0.25) is 0 Å². The first kappa shape index (κ1) is 24.6. The van der Waals surface area contributed by atoms with Crippen LogP contribution in [0.2, 0.25) is 0 Å². The van der Waals surface area contributed by atoms with E-state index in [-0.39, 0.29) is 5.41 Å². The number of hydrogen-bond donors (Lipinski definition) is 1. The molecule has 1 aliphatic heterocycles. The molecule has 1 N–H and O–H groups in total. The minimum Gasteiger partial charge on any atom is -0.385 e. The fourth-order valence-corrected chi connectivity index (χ4v) is 10.4. The van der Waals surface area contributed by atoms with Crippen LogP contribution in [0.1, 0.15) is 112 Å². The molecule has 1 heterocycles. The normalized spacial score (nSPS) is 49.6. The van der Waals surface area contributed by atoms with Gasteiger partial charge in [0, 0.05) is 6.42 Å². The fraction of sp³-hybridized carbons (Fsp3) is 1.00. The van der Waals surface area contributed by atoms with Crippen LogP contribution in [0.3, 0.4) is 0 Å². The molecular formula is C30H52O3. The Morgan fingerprint density at radius 2 is 1.55 bits per heavy atom. The average molecular weight is 461 g/mol. The standard InChI is InChI=1S/C30H52O3/c1-20(2)8-7-9-21(3)24-12-13-25-23-11-10-22-18-29(6,31)30(32-16-17-33-30)19-28(22,5)26(23)14-15-27(24,25)4/h20-26,31H,7-19H2,1-6H3/t21-,22+,23+,24-,25+,26+,27-,28+,29+/m1/s1. The smallest absolute Gasteiger partial charge is 0.197 e. The lowest BCUT2D eigenvalue weighted by molar-refractivity contribution is -0.321. The lowest BCUT2D eigenvalue weighted by Crippen LogP contribution is -2.65. The van der Waals surface area contributed by atoms with Crippen molar-refractivity contribution in [1.29, 1.82) is 0 Å². The summed E-state index contributed by atoms with van der Waals surface area (Å²) in [5.41, 5.74) is -0.0921. The Kier molecular flexibility index (Phi) is 6.31. The lowest BCUT2D eigenvalue weighted by atomic mass is 9.43. The molecule has 5 aliphatic rings. The van der Waals surface area contributed by atoms with Crippen molar-refractivity contribution in [2.45, 2.75) is 124 Å². The van der Waals surface area contributed by atoms with Gasteiger partial charge in [0.05, 0.1) is 13.2 Å². The van der Waals surface area contributed by atoms with Gasteiger partial charge in [0.15, 0.2) is 5.79 Å². The zero-order valence-electron chi connectivity index (χ0n) is 22.5. The molecule has 4 saturated carbocycles. The predicted molar refractivity (Wildman–Crippen MR) is 134 cm³/mol. The van der Waals surface area contributed by atoms with Crippen LogP contribution < -0.4 is 0 Å². The molecule has 1 spiro atoms. The molecule has 5 fully saturated rings. The van der Waals surface area contributed by atoms with E-state index in [1.54, 1.807) is 0 Å². The molecule has 0 bridgehead atoms. The number of aliphatic hydroxyl groups is 1. The maximum absolute atomic E-state index is 11.4. The predicted octanol–water partition coefficient (Wildman–Crippen LogP) is 7.21. The van der Waals surface area contributed by atoms with Crippen molar-refractivity contribution >= 4 is 0 Å². The van der Waals surface area contributed by atoms with Crippen LogP contribution in [-0.4, -0.2) is 29.7 Å². The molecule has 9 atom stereocenters. The van der Waals surface area contributed by atoms with Crippen molar-refractivity contribution in [2.24, 2.45) is 52.3 Å². The van der Waals surface area contributed by atoms with Gasteiger partial charge in [-0.25, -0.2) is 0 Å². The Labute approximate surface area is 203 Å². The zero-order chi connectivity index (χ0) is 23.6. The summed E-state index contributed by atoms with van der Waals surface area (Å²) in [4.78, 5) is 0. The summed E-state index contributed by atoms with van der Waals surface area (Å²) in [6, 6.07) is 0. The van der Waals surface area contributed by atoms with E-state index in [0.29, 0.717) is 24.5 Å². The number of fused-ring (bicyclic) bond motifs is 5. The van der Waals surface area contributed by atoms with Crippen molar-refractivity contribution in [3.05, 3.63) is 0 Å². The fourth-order valence-electron chi connectivity index (χ4n) is 10.4. The number of rotatable bonds is 5. The second-order valence-corrected chi connectivity index (χ2v) is 14.3. The van der Waals surface area contributed by atoms with Crippen LogP contribution in [0, 0.1) is 52.3 Å². The van der Waals surface area contributed by atoms with Gasteiger partial charge >= 0.3 is 0 Å². The minimum atomic E-state index is -0.867. The van der Waals surface area contributed by atoms with E-state index in [9.17, 15) is 5.11 Å². The third kappa shape index (κ3) is 3.77. The van der Waals surface area contributed by atoms with E-state index >= 15 is 0 Å². The summed E-state index contributed by atoms with van der Waals surface area (Å²) in [6.45, 7) is 15.8. The van der Waals surface area contributed by atoms with E-state index in [2.05, 4.69) is 34.6 Å². The van der Waals surface area contributed by atoms with E-state index in [4.69, 9.17) is 9.47 Å². The number of ether oxygens (including phenoxy) is 2. The molecule has 1 saturated heterocycles. The number of hydrogen-bond acceptors (Lipinski definition) is 3. The van der Waals surface area contributed by atoms with Gasteiger partial charge in [0.1, 0.15) is 5.60 Å². The molecule has 0 aromatic heterocycles. The summed E-state index contributed by atoms with van der Waals surface area (Å²) >= 11 is 0. The molecule has 0 aromatic carbocycles. The molecular weight excluding hydrogens is 408 g/mol. The molecule has 3 heteroatoms. The van der Waals surface area contributed by atoms with Gasteiger partial charge < -0.3 is 14.6 Å². The monoisotopic (exact) mass is 460 g/mol. The average Bonchev–Trinajstić information content (AvgIpc) is 3.34. The second-order valence-electron chi connectivity index (χ2n) is 14.3. The second kappa shape index (κ2) is 8.48. The van der Waals surface area contributed by atoms with Crippen LogP contribution in [-0.2, 0) is 9.47 Å². The highest BCUT2D eigenvalue weighted by Crippen LogP contribution is 2.70. The Hall–Kier alpha value is -0.120. The van der Waals surface area contributed by atoms with Crippen molar-refractivity contribution in [3.8, 4) is 0 Å². The Morgan fingerprint density at radius 1 is 0.848 bits per heavy atom. The van der Waals surface area contributed by atoms with Crippen molar-refractivity contribution < 1.29 is 14.6 Å². The van der Waals surface area contributed by atoms with Crippen LogP contribution in [0.25, 0.3) is 0 Å². The highest BCUT2D eigenvalue weighted by atomic mass is 16.7. The quantitative estimate of drug-likeness (QED) is 0.471. The van der Waals surface area contributed by atoms with E-state index < -0.39 is 11.4 Å². The molecule has 190 valence electrons. The summed E-state index contributed by atoms with van der Waals surface area (Å²) in [5, 5.41) is 11.4. The highest BCUT2D eigenvalue weighted by molar-refractivity contribution is 5.14. The SMILES string of the molecule is CC(C)CCC[C@@H](C)[C@H]1CC[C@H]2[C@@H]3CC[C@H]4C[C@](C)(O)C5(C[C@]4(C)[C@H]3CC[C@]12C)OCCO5. The first-order valence-electron chi connectivity index (χ1n) is 14.5. The van der Waals surface area contributed by atoms with Gasteiger partial charge in [-0.1, -0.05) is 53.9 Å².